The molecule has 6 nitrogen and oxygen atoms in total. The van der Waals surface area contributed by atoms with Gasteiger partial charge in [0.2, 0.25) is 5.91 Å². The van der Waals surface area contributed by atoms with Crippen molar-refractivity contribution in [2.75, 3.05) is 13.2 Å². The fourth-order valence-electron chi connectivity index (χ4n) is 11.9. The lowest BCUT2D eigenvalue weighted by Gasteiger charge is -2.22. The Morgan fingerprint density at radius 2 is 0.526 bits per heavy atom. The summed E-state index contributed by atoms with van der Waals surface area (Å²) in [4.78, 5) is 24.6. The molecule has 0 aliphatic rings. The topological polar surface area (TPSA) is 95.9 Å². The van der Waals surface area contributed by atoms with Gasteiger partial charge in [-0.3, -0.25) is 9.59 Å². The highest BCUT2D eigenvalue weighted by Crippen LogP contribution is 2.20. The van der Waals surface area contributed by atoms with Crippen LogP contribution in [0.2, 0.25) is 0 Å². The zero-order valence-electron chi connectivity index (χ0n) is 53.4. The van der Waals surface area contributed by atoms with E-state index in [1.807, 2.05) is 0 Å². The molecule has 0 heterocycles. The average Bonchev–Trinajstić information content (AvgIpc) is 3.44. The zero-order chi connectivity index (χ0) is 56.4. The van der Waals surface area contributed by atoms with Crippen LogP contribution in [0.15, 0.2) is 0 Å². The van der Waals surface area contributed by atoms with Crippen LogP contribution in [0.3, 0.4) is 0 Å². The number of rotatable bonds is 69. The molecule has 2 atom stereocenters. The lowest BCUT2D eigenvalue weighted by molar-refractivity contribution is -0.143. The molecule has 0 fully saturated rings. The van der Waals surface area contributed by atoms with E-state index in [1.54, 1.807) is 0 Å². The molecule has 0 rings (SSSR count). The molecule has 0 saturated heterocycles. The standard InChI is InChI=1S/C72H143NO5/c1-3-5-7-9-11-13-15-17-18-19-20-21-25-28-31-34-37-41-44-48-52-56-60-64-70(75)69(68-74)73-71(76)65-61-57-53-49-45-42-38-35-32-29-26-23-22-24-27-30-33-36-39-43-47-51-55-59-63-67-78-72(77)66-62-58-54-50-46-40-16-14-12-10-8-6-4-2/h69-70,74-75H,3-68H2,1-2H3,(H,73,76). The smallest absolute Gasteiger partial charge is 0.305 e. The van der Waals surface area contributed by atoms with Crippen molar-refractivity contribution in [2.45, 2.75) is 437 Å². The van der Waals surface area contributed by atoms with Gasteiger partial charge in [-0.05, 0) is 25.7 Å². The van der Waals surface area contributed by atoms with E-state index >= 15 is 0 Å². The lowest BCUT2D eigenvalue weighted by atomic mass is 10.0. The van der Waals surface area contributed by atoms with Crippen LogP contribution in [-0.2, 0) is 14.3 Å². The maximum absolute atomic E-state index is 12.6. The summed E-state index contributed by atoms with van der Waals surface area (Å²) in [6.45, 7) is 5.01. The number of ether oxygens (including phenoxy) is 1. The summed E-state index contributed by atoms with van der Waals surface area (Å²) in [6, 6.07) is -0.540. The molecule has 2 unspecified atom stereocenters. The van der Waals surface area contributed by atoms with Crippen molar-refractivity contribution < 1.29 is 24.5 Å². The monoisotopic (exact) mass is 1100 g/mol. The quantitative estimate of drug-likeness (QED) is 0.0417. The highest BCUT2D eigenvalue weighted by molar-refractivity contribution is 5.76. The first-order chi connectivity index (χ1) is 38.5. The van der Waals surface area contributed by atoms with Crippen LogP contribution in [0.1, 0.15) is 425 Å². The number of carbonyl (C=O) groups excluding carboxylic acids is 2. The summed E-state index contributed by atoms with van der Waals surface area (Å²) in [7, 11) is 0. The van der Waals surface area contributed by atoms with Crippen LogP contribution in [0.5, 0.6) is 0 Å². The van der Waals surface area contributed by atoms with Gasteiger partial charge in [-0.2, -0.15) is 0 Å². The first-order valence-electron chi connectivity index (χ1n) is 36.3. The molecule has 0 aliphatic carbocycles. The van der Waals surface area contributed by atoms with E-state index in [4.69, 9.17) is 4.74 Å². The molecule has 6 heteroatoms. The van der Waals surface area contributed by atoms with Gasteiger partial charge in [0.25, 0.3) is 0 Å². The summed E-state index contributed by atoms with van der Waals surface area (Å²) in [6.07, 6.45) is 83.0. The van der Waals surface area contributed by atoms with Gasteiger partial charge in [0.15, 0.2) is 0 Å². The Morgan fingerprint density at radius 1 is 0.308 bits per heavy atom. The van der Waals surface area contributed by atoms with Gasteiger partial charge >= 0.3 is 5.97 Å². The Balaban J connectivity index is 3.35. The van der Waals surface area contributed by atoms with E-state index in [-0.39, 0.29) is 18.5 Å². The molecule has 0 aromatic rings. The summed E-state index contributed by atoms with van der Waals surface area (Å²) in [5, 5.41) is 23.4. The van der Waals surface area contributed by atoms with E-state index in [0.29, 0.717) is 25.9 Å². The highest BCUT2D eigenvalue weighted by Gasteiger charge is 2.20. The lowest BCUT2D eigenvalue weighted by Crippen LogP contribution is -2.45. The maximum atomic E-state index is 12.6. The predicted molar refractivity (Wildman–Crippen MR) is 343 cm³/mol. The van der Waals surface area contributed by atoms with Crippen molar-refractivity contribution in [1.82, 2.24) is 5.32 Å². The number of unbranched alkanes of at least 4 members (excludes halogenated alkanes) is 58. The van der Waals surface area contributed by atoms with Crippen molar-refractivity contribution in [3.8, 4) is 0 Å². The first kappa shape index (κ1) is 76.9. The number of hydrogen-bond donors (Lipinski definition) is 3. The number of carbonyl (C=O) groups is 2. The Kier molecular flexibility index (Phi) is 67.4. The molecular formula is C72H143NO5. The van der Waals surface area contributed by atoms with Crippen molar-refractivity contribution in [3.05, 3.63) is 0 Å². The van der Waals surface area contributed by atoms with E-state index in [9.17, 15) is 19.8 Å². The number of aliphatic hydroxyl groups excluding tert-OH is 2. The van der Waals surface area contributed by atoms with Gasteiger partial charge in [-0.1, -0.05) is 386 Å². The molecule has 1 amide bonds. The normalized spacial score (nSPS) is 12.4. The number of hydrogen-bond acceptors (Lipinski definition) is 5. The number of aliphatic hydroxyl groups is 2. The molecule has 0 aliphatic heterocycles. The third-order valence-corrected chi connectivity index (χ3v) is 17.4. The van der Waals surface area contributed by atoms with Crippen LogP contribution in [0, 0.1) is 0 Å². The Hall–Kier alpha value is -1.14. The van der Waals surface area contributed by atoms with Crippen LogP contribution < -0.4 is 5.32 Å². The second-order valence-electron chi connectivity index (χ2n) is 25.3. The summed E-state index contributed by atoms with van der Waals surface area (Å²) >= 11 is 0. The molecule has 0 bridgehead atoms. The van der Waals surface area contributed by atoms with Crippen LogP contribution >= 0.6 is 0 Å². The van der Waals surface area contributed by atoms with Gasteiger partial charge in [-0.25, -0.2) is 0 Å². The third kappa shape index (κ3) is 64.0. The number of amides is 1. The van der Waals surface area contributed by atoms with E-state index < -0.39 is 12.1 Å². The van der Waals surface area contributed by atoms with Gasteiger partial charge in [0.05, 0.1) is 25.4 Å². The highest BCUT2D eigenvalue weighted by atomic mass is 16.5. The predicted octanol–water partition coefficient (Wildman–Crippen LogP) is 23.4. The minimum absolute atomic E-state index is 0.0195. The molecule has 3 N–H and O–H groups in total. The molecular weight excluding hydrogens is 959 g/mol. The third-order valence-electron chi connectivity index (χ3n) is 17.4. The van der Waals surface area contributed by atoms with Crippen molar-refractivity contribution in [3.63, 3.8) is 0 Å². The minimum Gasteiger partial charge on any atom is -0.466 e. The fraction of sp³-hybridized carbons (Fsp3) is 0.972. The molecule has 0 aromatic heterocycles. The zero-order valence-corrected chi connectivity index (χ0v) is 53.4. The van der Waals surface area contributed by atoms with Gasteiger partial charge in [0.1, 0.15) is 0 Å². The second-order valence-corrected chi connectivity index (χ2v) is 25.3. The van der Waals surface area contributed by atoms with Crippen LogP contribution in [-0.4, -0.2) is 47.4 Å². The average molecular weight is 1100 g/mol. The second kappa shape index (κ2) is 68.4. The van der Waals surface area contributed by atoms with Crippen LogP contribution in [0.4, 0.5) is 0 Å². The molecule has 0 aromatic carbocycles. The summed E-state index contributed by atoms with van der Waals surface area (Å²) in [5.74, 6) is -0.00781. The maximum Gasteiger partial charge on any atom is 0.305 e. The SMILES string of the molecule is CCCCCCCCCCCCCCCCCCCCCCCCCC(O)C(CO)NC(=O)CCCCCCCCCCCCCCCCCCCCCCCCCCCOC(=O)CCCCCCCCCCCCCCC. The largest absolute Gasteiger partial charge is 0.466 e. The molecule has 0 spiro atoms. The summed E-state index contributed by atoms with van der Waals surface area (Å²) < 4.78 is 5.49. The van der Waals surface area contributed by atoms with Gasteiger partial charge in [0, 0.05) is 12.8 Å². The Morgan fingerprint density at radius 3 is 0.782 bits per heavy atom. The molecule has 0 radical (unpaired) electrons. The van der Waals surface area contributed by atoms with Crippen molar-refractivity contribution in [2.24, 2.45) is 0 Å². The molecule has 78 heavy (non-hydrogen) atoms. The summed E-state index contributed by atoms with van der Waals surface area (Å²) in [5.41, 5.74) is 0. The van der Waals surface area contributed by atoms with Gasteiger partial charge < -0.3 is 20.3 Å². The van der Waals surface area contributed by atoms with E-state index in [2.05, 4.69) is 19.2 Å². The molecule has 466 valence electrons. The van der Waals surface area contributed by atoms with Gasteiger partial charge in [-0.15, -0.1) is 0 Å². The Labute approximate surface area is 489 Å². The van der Waals surface area contributed by atoms with Crippen LogP contribution in [0.25, 0.3) is 0 Å². The van der Waals surface area contributed by atoms with Crippen molar-refractivity contribution >= 4 is 11.9 Å². The fourth-order valence-corrected chi connectivity index (χ4v) is 11.9. The van der Waals surface area contributed by atoms with Crippen molar-refractivity contribution in [1.29, 1.82) is 0 Å². The first-order valence-corrected chi connectivity index (χ1v) is 36.3. The molecule has 0 saturated carbocycles. The Bertz CT molecular complexity index is 1130. The van der Waals surface area contributed by atoms with E-state index in [0.717, 1.165) is 38.5 Å². The van der Waals surface area contributed by atoms with E-state index in [1.165, 1.54) is 353 Å². The number of esters is 1. The number of nitrogens with one attached hydrogen (secondary N) is 1. The minimum atomic E-state index is -0.663.